The number of aliphatic hydroxyl groups excluding tert-OH is 1. The van der Waals surface area contributed by atoms with Crippen LogP contribution in [0.25, 0.3) is 0 Å². The standard InChI is InChI=1S/C39H75N2O6P/c1-6-8-10-12-14-16-18-19-20-21-22-23-24-26-28-30-32-38(42)37(36-47-48(44,45)46-35-34-41(3,4)5)40-39(43)33-31-29-27-25-17-15-13-11-9-7-2/h11,13,23-24,30,32,37-38,42H,6-10,12,14-22,25-29,31,33-36H2,1-5H3,(H-,40,43,44,45)/b13-11-,24-23+,32-30+. The number of phosphoric ester groups is 1. The maximum absolute atomic E-state index is 12.7. The molecule has 0 aromatic rings. The average molecular weight is 699 g/mol. The Hall–Kier alpha value is -1.28. The minimum Gasteiger partial charge on any atom is -0.756 e. The molecule has 0 aliphatic heterocycles. The molecule has 48 heavy (non-hydrogen) atoms. The lowest BCUT2D eigenvalue weighted by molar-refractivity contribution is -0.870. The van der Waals surface area contributed by atoms with E-state index >= 15 is 0 Å². The van der Waals surface area contributed by atoms with Gasteiger partial charge in [-0.25, -0.2) is 0 Å². The second kappa shape index (κ2) is 31.7. The van der Waals surface area contributed by atoms with Gasteiger partial charge in [0.1, 0.15) is 13.2 Å². The molecule has 8 nitrogen and oxygen atoms in total. The van der Waals surface area contributed by atoms with Crippen LogP contribution < -0.4 is 10.2 Å². The fourth-order valence-electron chi connectivity index (χ4n) is 5.17. The topological polar surface area (TPSA) is 108 Å². The van der Waals surface area contributed by atoms with Gasteiger partial charge in [0.05, 0.1) is 39.9 Å². The highest BCUT2D eigenvalue weighted by Gasteiger charge is 2.23. The summed E-state index contributed by atoms with van der Waals surface area (Å²) in [7, 11) is 1.23. The maximum Gasteiger partial charge on any atom is 0.268 e. The van der Waals surface area contributed by atoms with E-state index in [2.05, 4.69) is 43.5 Å². The molecule has 0 aliphatic carbocycles. The first-order chi connectivity index (χ1) is 23.0. The molecule has 0 heterocycles. The summed E-state index contributed by atoms with van der Waals surface area (Å²) in [5, 5.41) is 13.7. The Morgan fingerprint density at radius 2 is 1.21 bits per heavy atom. The van der Waals surface area contributed by atoms with Crippen LogP contribution in [0, 0.1) is 0 Å². The number of carbonyl (C=O) groups excluding carboxylic acids is 1. The Bertz CT molecular complexity index is 886. The largest absolute Gasteiger partial charge is 0.756 e. The minimum atomic E-state index is -4.59. The number of unbranched alkanes of at least 4 members (excludes halogenated alkanes) is 17. The molecule has 0 radical (unpaired) electrons. The van der Waals surface area contributed by atoms with Crippen molar-refractivity contribution >= 4 is 13.7 Å². The molecule has 3 atom stereocenters. The zero-order valence-electron chi connectivity index (χ0n) is 31.7. The molecule has 0 aromatic carbocycles. The number of nitrogens with zero attached hydrogens (tertiary/aromatic N) is 1. The van der Waals surface area contributed by atoms with Crippen molar-refractivity contribution in [2.24, 2.45) is 0 Å². The van der Waals surface area contributed by atoms with E-state index in [0.29, 0.717) is 17.4 Å². The molecule has 0 fully saturated rings. The van der Waals surface area contributed by atoms with Gasteiger partial charge in [-0.05, 0) is 51.4 Å². The molecule has 0 rings (SSSR count). The summed E-state index contributed by atoms with van der Waals surface area (Å²) in [4.78, 5) is 25.1. The first-order valence-electron chi connectivity index (χ1n) is 19.4. The third-order valence-corrected chi connectivity index (χ3v) is 9.27. The van der Waals surface area contributed by atoms with Gasteiger partial charge in [-0.3, -0.25) is 9.36 Å². The molecule has 0 saturated carbocycles. The third-order valence-electron chi connectivity index (χ3n) is 8.30. The van der Waals surface area contributed by atoms with E-state index in [9.17, 15) is 19.4 Å². The van der Waals surface area contributed by atoms with Crippen molar-refractivity contribution in [1.29, 1.82) is 0 Å². The van der Waals surface area contributed by atoms with Gasteiger partial charge in [-0.2, -0.15) is 0 Å². The lowest BCUT2D eigenvalue weighted by Gasteiger charge is -2.29. The lowest BCUT2D eigenvalue weighted by atomic mass is 10.1. The monoisotopic (exact) mass is 699 g/mol. The second-order valence-corrected chi connectivity index (χ2v) is 15.7. The summed E-state index contributed by atoms with van der Waals surface area (Å²) in [5.41, 5.74) is 0. The normalized spacial score (nSPS) is 15.1. The fourth-order valence-corrected chi connectivity index (χ4v) is 5.89. The van der Waals surface area contributed by atoms with E-state index in [-0.39, 0.29) is 12.5 Å². The third kappa shape index (κ3) is 33.2. The van der Waals surface area contributed by atoms with Crippen LogP contribution in [0.5, 0.6) is 0 Å². The van der Waals surface area contributed by atoms with E-state index in [0.717, 1.165) is 64.2 Å². The number of allylic oxidation sites excluding steroid dienone is 5. The quantitative estimate of drug-likeness (QED) is 0.0300. The summed E-state index contributed by atoms with van der Waals surface area (Å²) in [6.07, 6.45) is 36.2. The first-order valence-corrected chi connectivity index (χ1v) is 20.8. The van der Waals surface area contributed by atoms with E-state index < -0.39 is 26.6 Å². The predicted molar refractivity (Wildman–Crippen MR) is 201 cm³/mol. The van der Waals surface area contributed by atoms with Crippen LogP contribution in [-0.4, -0.2) is 68.5 Å². The van der Waals surface area contributed by atoms with Gasteiger partial charge in [-0.1, -0.05) is 134 Å². The van der Waals surface area contributed by atoms with Crippen molar-refractivity contribution in [3.63, 3.8) is 0 Å². The van der Waals surface area contributed by atoms with Gasteiger partial charge in [0.25, 0.3) is 7.82 Å². The van der Waals surface area contributed by atoms with Crippen LogP contribution in [0.15, 0.2) is 36.5 Å². The van der Waals surface area contributed by atoms with E-state index in [1.807, 2.05) is 27.2 Å². The molecular formula is C39H75N2O6P. The Balaban J connectivity index is 4.58. The number of nitrogens with one attached hydrogen (secondary N) is 1. The van der Waals surface area contributed by atoms with E-state index in [1.54, 1.807) is 6.08 Å². The van der Waals surface area contributed by atoms with Crippen molar-refractivity contribution in [3.8, 4) is 0 Å². The molecule has 0 aromatic heterocycles. The molecule has 2 N–H and O–H groups in total. The average Bonchev–Trinajstić information content (AvgIpc) is 3.02. The van der Waals surface area contributed by atoms with E-state index in [4.69, 9.17) is 9.05 Å². The van der Waals surface area contributed by atoms with Crippen LogP contribution in [0.3, 0.4) is 0 Å². The Morgan fingerprint density at radius 3 is 1.77 bits per heavy atom. The Morgan fingerprint density at radius 1 is 0.708 bits per heavy atom. The number of aliphatic hydroxyl groups is 1. The number of hydrogen-bond acceptors (Lipinski definition) is 6. The lowest BCUT2D eigenvalue weighted by Crippen LogP contribution is -2.45. The number of likely N-dealkylation sites (N-methyl/N-ethyl adjacent to an activating group) is 1. The molecule has 0 aliphatic rings. The summed E-state index contributed by atoms with van der Waals surface area (Å²) in [6.45, 7) is 4.52. The molecule has 0 spiro atoms. The Labute approximate surface area is 296 Å². The zero-order valence-corrected chi connectivity index (χ0v) is 32.6. The van der Waals surface area contributed by atoms with Gasteiger partial charge < -0.3 is 28.8 Å². The van der Waals surface area contributed by atoms with Gasteiger partial charge >= 0.3 is 0 Å². The van der Waals surface area contributed by atoms with Crippen molar-refractivity contribution in [1.82, 2.24) is 5.32 Å². The summed E-state index contributed by atoms with van der Waals surface area (Å²) < 4.78 is 23.0. The summed E-state index contributed by atoms with van der Waals surface area (Å²) >= 11 is 0. The van der Waals surface area contributed by atoms with Gasteiger partial charge in [0, 0.05) is 6.42 Å². The summed E-state index contributed by atoms with van der Waals surface area (Å²) in [6, 6.07) is -0.903. The first kappa shape index (κ1) is 46.7. The highest BCUT2D eigenvalue weighted by atomic mass is 31.2. The number of phosphoric acid groups is 1. The molecule has 0 saturated heterocycles. The molecule has 9 heteroatoms. The molecule has 1 amide bonds. The highest BCUT2D eigenvalue weighted by molar-refractivity contribution is 7.45. The van der Waals surface area contributed by atoms with Crippen LogP contribution in [0.2, 0.25) is 0 Å². The number of hydrogen-bond donors (Lipinski definition) is 2. The SMILES string of the molecule is CCC/C=C\CCCCCCCC(=O)NC(COP(=O)([O-])OCC[N+](C)(C)C)C(O)/C=C/CC/C=C/CCCCCCCCCCCC. The van der Waals surface area contributed by atoms with Gasteiger partial charge in [0.15, 0.2) is 0 Å². The van der Waals surface area contributed by atoms with Crippen molar-refractivity contribution in [3.05, 3.63) is 36.5 Å². The van der Waals surface area contributed by atoms with Crippen LogP contribution >= 0.6 is 7.82 Å². The van der Waals surface area contributed by atoms with E-state index in [1.165, 1.54) is 70.6 Å². The molecule has 0 bridgehead atoms. The fraction of sp³-hybridized carbons (Fsp3) is 0.821. The number of quaternary nitrogens is 1. The Kier molecular flexibility index (Phi) is 30.8. The predicted octanol–water partition coefficient (Wildman–Crippen LogP) is 9.33. The van der Waals surface area contributed by atoms with Crippen LogP contribution in [0.4, 0.5) is 0 Å². The maximum atomic E-state index is 12.7. The minimum absolute atomic E-state index is 0.00843. The number of amides is 1. The van der Waals surface area contributed by atoms with Crippen LogP contribution in [0.1, 0.15) is 155 Å². The smallest absolute Gasteiger partial charge is 0.268 e. The highest BCUT2D eigenvalue weighted by Crippen LogP contribution is 2.38. The number of carbonyl (C=O) groups is 1. The zero-order chi connectivity index (χ0) is 35.8. The summed E-state index contributed by atoms with van der Waals surface area (Å²) in [5.74, 6) is -0.222. The van der Waals surface area contributed by atoms with Gasteiger partial charge in [0.2, 0.25) is 5.91 Å². The van der Waals surface area contributed by atoms with Crippen molar-refractivity contribution in [2.75, 3.05) is 40.9 Å². The van der Waals surface area contributed by atoms with Crippen molar-refractivity contribution in [2.45, 2.75) is 167 Å². The second-order valence-electron chi connectivity index (χ2n) is 14.3. The van der Waals surface area contributed by atoms with Crippen molar-refractivity contribution < 1.29 is 32.9 Å². The molecule has 282 valence electrons. The van der Waals surface area contributed by atoms with Gasteiger partial charge in [-0.15, -0.1) is 0 Å². The molecule has 3 unspecified atom stereocenters. The molecular weight excluding hydrogens is 623 g/mol. The van der Waals surface area contributed by atoms with Crippen LogP contribution in [-0.2, 0) is 18.4 Å². The number of rotatable bonds is 34.